The zero-order valence-corrected chi connectivity index (χ0v) is 21.0. The fourth-order valence-corrected chi connectivity index (χ4v) is 5.81. The lowest BCUT2D eigenvalue weighted by Gasteiger charge is -2.38. The van der Waals surface area contributed by atoms with Crippen LogP contribution >= 0.6 is 11.3 Å². The van der Waals surface area contributed by atoms with Gasteiger partial charge >= 0.3 is 5.97 Å². The summed E-state index contributed by atoms with van der Waals surface area (Å²) >= 11 is 1.41. The molecule has 0 aliphatic carbocycles. The summed E-state index contributed by atoms with van der Waals surface area (Å²) < 4.78 is 0. The Morgan fingerprint density at radius 2 is 1.94 bits per heavy atom. The molecule has 0 spiro atoms. The first-order chi connectivity index (χ1) is 16.0. The highest BCUT2D eigenvalue weighted by molar-refractivity contribution is 7.09. The molecule has 0 radical (unpaired) electrons. The Kier molecular flexibility index (Phi) is 6.33. The van der Waals surface area contributed by atoms with Crippen LogP contribution in [0.25, 0.3) is 0 Å². The fraction of sp³-hybridized carbons (Fsp3) is 0.480. The number of benzene rings is 1. The van der Waals surface area contributed by atoms with Gasteiger partial charge in [-0.05, 0) is 41.9 Å². The summed E-state index contributed by atoms with van der Waals surface area (Å²) in [5, 5.41) is 20.1. The lowest BCUT2D eigenvalue weighted by atomic mass is 9.83. The van der Waals surface area contributed by atoms with E-state index >= 15 is 0 Å². The molecule has 180 valence electrons. The molecule has 3 aromatic rings. The molecule has 4 rings (SSSR count). The number of nitrogens with one attached hydrogen (secondary N) is 1. The van der Waals surface area contributed by atoms with Crippen LogP contribution in [-0.2, 0) is 10.2 Å². The largest absolute Gasteiger partial charge is 0.479 e. The second kappa shape index (κ2) is 8.94. The van der Waals surface area contributed by atoms with Gasteiger partial charge in [0.25, 0.3) is 5.91 Å². The summed E-state index contributed by atoms with van der Waals surface area (Å²) in [5.74, 6) is -1.18. The number of hydrogen-bond donors (Lipinski definition) is 2. The van der Waals surface area contributed by atoms with Crippen LogP contribution in [0.15, 0.2) is 42.2 Å². The Balaban J connectivity index is 1.88. The quantitative estimate of drug-likeness (QED) is 0.523. The minimum Gasteiger partial charge on any atom is -0.479 e. The number of carbonyl (C=O) groups excluding carboxylic acids is 1. The first kappa shape index (κ1) is 24.1. The van der Waals surface area contributed by atoms with Crippen LogP contribution in [0.1, 0.15) is 86.2 Å². The lowest BCUT2D eigenvalue weighted by Crippen LogP contribution is -2.54. The van der Waals surface area contributed by atoms with Gasteiger partial charge in [-0.1, -0.05) is 46.8 Å². The zero-order valence-electron chi connectivity index (χ0n) is 20.1. The third-order valence-electron chi connectivity index (χ3n) is 6.51. The fourth-order valence-electron chi connectivity index (χ4n) is 5.02. The number of nitrogens with zero attached hydrogens (tertiary/aromatic N) is 4. The molecule has 3 heterocycles. The molecule has 1 fully saturated rings. The van der Waals surface area contributed by atoms with E-state index in [1.165, 1.54) is 17.7 Å². The highest BCUT2D eigenvalue weighted by atomic mass is 32.1. The molecule has 3 atom stereocenters. The minimum absolute atomic E-state index is 0.0532. The van der Waals surface area contributed by atoms with Crippen molar-refractivity contribution in [2.45, 2.75) is 70.4 Å². The van der Waals surface area contributed by atoms with E-state index in [-0.39, 0.29) is 23.7 Å². The highest BCUT2D eigenvalue weighted by Gasteiger charge is 2.60. The molecule has 1 amide bonds. The second-order valence-electron chi connectivity index (χ2n) is 10.4. The van der Waals surface area contributed by atoms with Crippen LogP contribution in [0.2, 0.25) is 0 Å². The van der Waals surface area contributed by atoms with Crippen LogP contribution in [0, 0.1) is 5.92 Å². The van der Waals surface area contributed by atoms with E-state index in [1.807, 2.05) is 31.4 Å². The monoisotopic (exact) mass is 481 g/mol. The Hall–Kier alpha value is -3.07. The maximum Gasteiger partial charge on any atom is 0.329 e. The molecule has 9 heteroatoms. The molecule has 0 bridgehead atoms. The normalized spacial score (nSPS) is 22.9. The van der Waals surface area contributed by atoms with E-state index in [2.05, 4.69) is 40.9 Å². The number of aromatic amines is 1. The number of hydrogen-bond acceptors (Lipinski definition) is 6. The minimum atomic E-state index is -1.41. The van der Waals surface area contributed by atoms with Gasteiger partial charge in [0.05, 0.1) is 12.0 Å². The topological polar surface area (TPSA) is 112 Å². The molecule has 0 unspecified atom stereocenters. The number of H-pyrrole nitrogens is 1. The van der Waals surface area contributed by atoms with Gasteiger partial charge in [-0.3, -0.25) is 9.89 Å². The zero-order chi connectivity index (χ0) is 24.7. The first-order valence-corrected chi connectivity index (χ1v) is 12.3. The van der Waals surface area contributed by atoms with Gasteiger partial charge in [-0.2, -0.15) is 5.10 Å². The average Bonchev–Trinajstić information content (AvgIpc) is 3.52. The number of likely N-dealkylation sites (tertiary alicyclic amines) is 1. The third-order valence-corrected chi connectivity index (χ3v) is 7.35. The molecular weight excluding hydrogens is 450 g/mol. The molecule has 1 aliphatic heterocycles. The number of aromatic nitrogens is 4. The Morgan fingerprint density at radius 1 is 1.24 bits per heavy atom. The van der Waals surface area contributed by atoms with Gasteiger partial charge in [-0.15, -0.1) is 11.3 Å². The number of carboxylic acid groups (broad SMARTS) is 1. The predicted octanol–water partition coefficient (Wildman–Crippen LogP) is 4.80. The molecule has 1 aromatic carbocycles. The molecule has 8 nitrogen and oxygen atoms in total. The van der Waals surface area contributed by atoms with Crippen molar-refractivity contribution in [3.63, 3.8) is 0 Å². The van der Waals surface area contributed by atoms with Crippen molar-refractivity contribution in [2.24, 2.45) is 5.92 Å². The van der Waals surface area contributed by atoms with E-state index in [9.17, 15) is 14.7 Å². The van der Waals surface area contributed by atoms with Gasteiger partial charge in [0.2, 0.25) is 0 Å². The van der Waals surface area contributed by atoms with Gasteiger partial charge < -0.3 is 10.0 Å². The summed E-state index contributed by atoms with van der Waals surface area (Å²) in [6, 6.07) is 6.90. The number of carboxylic acids is 1. The summed E-state index contributed by atoms with van der Waals surface area (Å²) in [6.45, 7) is 10.3. The maximum atomic E-state index is 14.1. The molecule has 1 aliphatic rings. The predicted molar refractivity (Wildman–Crippen MR) is 130 cm³/mol. The average molecular weight is 482 g/mol. The van der Waals surface area contributed by atoms with E-state index in [0.29, 0.717) is 22.8 Å². The Labute approximate surface area is 203 Å². The van der Waals surface area contributed by atoms with Crippen molar-refractivity contribution >= 4 is 23.2 Å². The second-order valence-corrected chi connectivity index (χ2v) is 11.3. The van der Waals surface area contributed by atoms with Crippen molar-refractivity contribution in [2.75, 3.05) is 0 Å². The molecule has 2 N–H and O–H groups in total. The van der Waals surface area contributed by atoms with Gasteiger partial charge in [0.15, 0.2) is 5.82 Å². The van der Waals surface area contributed by atoms with E-state index < -0.39 is 23.5 Å². The van der Waals surface area contributed by atoms with Crippen molar-refractivity contribution in [1.29, 1.82) is 0 Å². The molecule has 1 saturated heterocycles. The van der Waals surface area contributed by atoms with Crippen molar-refractivity contribution in [1.82, 2.24) is 25.1 Å². The van der Waals surface area contributed by atoms with Crippen molar-refractivity contribution in [3.05, 3.63) is 64.1 Å². The van der Waals surface area contributed by atoms with Gasteiger partial charge in [0.1, 0.15) is 16.9 Å². The highest BCUT2D eigenvalue weighted by Crippen LogP contribution is 2.54. The summed E-state index contributed by atoms with van der Waals surface area (Å²) in [5.41, 5.74) is 0.0970. The number of carbonyl (C=O) groups is 2. The van der Waals surface area contributed by atoms with Crippen LogP contribution < -0.4 is 0 Å². The Morgan fingerprint density at radius 3 is 2.44 bits per heavy atom. The van der Waals surface area contributed by atoms with E-state index in [4.69, 9.17) is 0 Å². The Bertz CT molecular complexity index is 1140. The third kappa shape index (κ3) is 4.24. The number of amides is 1. The smallest absolute Gasteiger partial charge is 0.329 e. The van der Waals surface area contributed by atoms with Crippen LogP contribution in [0.3, 0.4) is 0 Å². The SMILES string of the molecule is CC(C)C[C@@]1(C(=O)O)C[C@H](c2nc[nH]n2)[C@H](c2nccs2)N1C(=O)c1ccc(C(C)(C)C)cc1. The van der Waals surface area contributed by atoms with Gasteiger partial charge in [-0.25, -0.2) is 14.8 Å². The number of thiazole rings is 1. The molecule has 0 saturated carbocycles. The maximum absolute atomic E-state index is 14.1. The summed E-state index contributed by atoms with van der Waals surface area (Å²) in [4.78, 5) is 37.5. The van der Waals surface area contributed by atoms with E-state index in [1.54, 1.807) is 23.2 Å². The van der Waals surface area contributed by atoms with Crippen LogP contribution in [0.5, 0.6) is 0 Å². The lowest BCUT2D eigenvalue weighted by molar-refractivity contribution is -0.150. The van der Waals surface area contributed by atoms with Crippen molar-refractivity contribution < 1.29 is 14.7 Å². The molecule has 2 aromatic heterocycles. The van der Waals surface area contributed by atoms with Crippen molar-refractivity contribution in [3.8, 4) is 0 Å². The van der Waals surface area contributed by atoms with Crippen LogP contribution in [0.4, 0.5) is 0 Å². The first-order valence-electron chi connectivity index (χ1n) is 11.5. The molecule has 34 heavy (non-hydrogen) atoms. The van der Waals surface area contributed by atoms with Gasteiger partial charge in [0, 0.05) is 17.1 Å². The van der Waals surface area contributed by atoms with Crippen LogP contribution in [-0.4, -0.2) is 47.6 Å². The molecular formula is C25H31N5O3S. The number of rotatable bonds is 6. The van der Waals surface area contributed by atoms with E-state index in [0.717, 1.165) is 5.56 Å². The number of aliphatic carboxylic acids is 1. The summed E-state index contributed by atoms with van der Waals surface area (Å²) in [6.07, 6.45) is 3.69. The standard InChI is InChI=1S/C25H31N5O3S/c1-15(2)12-25(23(32)33)13-18(20-27-14-28-29-20)19(21-26-10-11-34-21)30(25)22(31)16-6-8-17(9-7-16)24(3,4)5/h6-11,14-15,18-19H,12-13H2,1-5H3,(H,32,33)(H,27,28,29)/t18-,19+,25-/m0/s1. The summed E-state index contributed by atoms with van der Waals surface area (Å²) in [7, 11) is 0.